The molecule has 4 aromatic rings. The zero-order valence-corrected chi connectivity index (χ0v) is 17.5. The van der Waals surface area contributed by atoms with Gasteiger partial charge in [0.05, 0.1) is 19.9 Å². The Balaban J connectivity index is 0.000000523. The van der Waals surface area contributed by atoms with E-state index >= 15 is 0 Å². The molecule has 0 radical (unpaired) electrons. The van der Waals surface area contributed by atoms with Crippen molar-refractivity contribution in [2.24, 2.45) is 0 Å². The average Bonchev–Trinajstić information content (AvgIpc) is 3.06. The first kappa shape index (κ1) is 22.9. The average molecular weight is 449 g/mol. The van der Waals surface area contributed by atoms with Crippen molar-refractivity contribution in [2.45, 2.75) is 6.92 Å². The summed E-state index contributed by atoms with van der Waals surface area (Å²) in [5.74, 6) is 1.49. The molecule has 0 fully saturated rings. The smallest absolute Gasteiger partial charge is 0.497 e. The SMILES string of the molecule is COc1ccc(-n2c(=O)n(-c3ccc(OC)cc3)[n+]3c(C)cccc23)cc1.F[B-](F)(F)F. The van der Waals surface area contributed by atoms with Crippen molar-refractivity contribution in [1.82, 2.24) is 9.25 Å². The summed E-state index contributed by atoms with van der Waals surface area (Å²) in [6.07, 6.45) is 0. The first-order chi connectivity index (χ1) is 15.1. The number of ether oxygens (including phenoxy) is 2. The lowest BCUT2D eigenvalue weighted by atomic mass is 10.3. The Morgan fingerprint density at radius 2 is 1.25 bits per heavy atom. The minimum absolute atomic E-state index is 0.153. The number of hydrogen-bond acceptors (Lipinski definition) is 3. The van der Waals surface area contributed by atoms with Crippen molar-refractivity contribution >= 4 is 12.9 Å². The number of benzene rings is 2. The lowest BCUT2D eigenvalue weighted by Crippen LogP contribution is -2.39. The van der Waals surface area contributed by atoms with Crippen LogP contribution in [0.3, 0.4) is 0 Å². The quantitative estimate of drug-likeness (QED) is 0.269. The summed E-state index contributed by atoms with van der Waals surface area (Å²) in [6.45, 7) is 1.98. The molecule has 2 aromatic carbocycles. The van der Waals surface area contributed by atoms with E-state index in [2.05, 4.69) is 0 Å². The van der Waals surface area contributed by atoms with Crippen molar-refractivity contribution in [2.75, 3.05) is 14.2 Å². The number of methoxy groups -OCH3 is 2. The zero-order valence-electron chi connectivity index (χ0n) is 17.5. The number of pyridine rings is 1. The Bertz CT molecular complexity index is 1260. The first-order valence-electron chi connectivity index (χ1n) is 9.45. The highest BCUT2D eigenvalue weighted by atomic mass is 19.5. The lowest BCUT2D eigenvalue weighted by molar-refractivity contribution is -0.606. The van der Waals surface area contributed by atoms with Gasteiger partial charge in [0.15, 0.2) is 0 Å². The van der Waals surface area contributed by atoms with Gasteiger partial charge in [-0.05, 0) is 54.6 Å². The largest absolute Gasteiger partial charge is 0.673 e. The maximum atomic E-state index is 13.4. The summed E-state index contributed by atoms with van der Waals surface area (Å²) in [6, 6.07) is 20.7. The molecule has 0 aliphatic heterocycles. The van der Waals surface area contributed by atoms with Crippen molar-refractivity contribution in [3.05, 3.63) is 82.9 Å². The Morgan fingerprint density at radius 3 is 1.72 bits per heavy atom. The predicted molar refractivity (Wildman–Crippen MR) is 113 cm³/mol. The Labute approximate surface area is 180 Å². The number of halogens is 4. The third-order valence-electron chi connectivity index (χ3n) is 4.58. The number of fused-ring (bicyclic) bond motifs is 1. The van der Waals surface area contributed by atoms with E-state index in [-0.39, 0.29) is 5.69 Å². The number of aromatic nitrogens is 3. The van der Waals surface area contributed by atoms with Gasteiger partial charge in [0.25, 0.3) is 0 Å². The van der Waals surface area contributed by atoms with Crippen LogP contribution in [-0.4, -0.2) is 30.7 Å². The highest BCUT2D eigenvalue weighted by Gasteiger charge is 2.25. The van der Waals surface area contributed by atoms with Gasteiger partial charge in [-0.2, -0.15) is 0 Å². The molecule has 0 saturated carbocycles. The van der Waals surface area contributed by atoms with Gasteiger partial charge < -0.3 is 26.7 Å². The predicted octanol–water partition coefficient (Wildman–Crippen LogP) is 3.99. The van der Waals surface area contributed by atoms with Crippen molar-refractivity contribution in [3.8, 4) is 22.9 Å². The summed E-state index contributed by atoms with van der Waals surface area (Å²) in [5.41, 5.74) is 3.11. The third-order valence-corrected chi connectivity index (χ3v) is 4.58. The second-order valence-electron chi connectivity index (χ2n) is 6.66. The van der Waals surface area contributed by atoms with Gasteiger partial charge in [0.2, 0.25) is 0 Å². The van der Waals surface area contributed by atoms with Crippen LogP contribution in [0, 0.1) is 6.92 Å². The van der Waals surface area contributed by atoms with E-state index in [1.165, 1.54) is 0 Å². The maximum Gasteiger partial charge on any atom is 0.673 e. The van der Waals surface area contributed by atoms with Crippen molar-refractivity contribution in [3.63, 3.8) is 0 Å². The van der Waals surface area contributed by atoms with Gasteiger partial charge in [-0.3, -0.25) is 0 Å². The number of aryl methyl sites for hydroxylation is 1. The fraction of sp³-hybridized carbons (Fsp3) is 0.143. The number of rotatable bonds is 4. The van der Waals surface area contributed by atoms with Crippen LogP contribution >= 0.6 is 0 Å². The normalized spacial score (nSPS) is 11.1. The second kappa shape index (κ2) is 9.17. The first-order valence-corrected chi connectivity index (χ1v) is 9.45. The highest BCUT2D eigenvalue weighted by molar-refractivity contribution is 6.50. The molecule has 6 nitrogen and oxygen atoms in total. The third kappa shape index (κ3) is 4.93. The standard InChI is InChI=1S/C21H20N3O3.BF4/c1-15-5-4-6-20-22(16-7-11-18(26-2)12-8-16)21(25)24(23(15)20)17-9-13-19(27-3)14-10-17;2-1(3,4)5/h4-14H,1-3H3;/q+1;-1. The van der Waals surface area contributed by atoms with E-state index < -0.39 is 7.25 Å². The minimum Gasteiger partial charge on any atom is -0.497 e. The van der Waals surface area contributed by atoms with Crippen LogP contribution < -0.4 is 19.7 Å². The van der Waals surface area contributed by atoms with Crippen molar-refractivity contribution in [1.29, 1.82) is 0 Å². The molecule has 0 bridgehead atoms. The molecular weight excluding hydrogens is 429 g/mol. The summed E-state index contributed by atoms with van der Waals surface area (Å²) >= 11 is 0. The fourth-order valence-corrected chi connectivity index (χ4v) is 3.23. The molecule has 0 aliphatic rings. The maximum absolute atomic E-state index is 13.4. The van der Waals surface area contributed by atoms with Crippen LogP contribution in [0.5, 0.6) is 11.5 Å². The van der Waals surface area contributed by atoms with E-state index in [1.54, 1.807) is 23.5 Å². The molecule has 11 heteroatoms. The number of hydrogen-bond donors (Lipinski definition) is 0. The van der Waals surface area contributed by atoms with Gasteiger partial charge in [0.1, 0.15) is 22.9 Å². The van der Waals surface area contributed by atoms with E-state index in [0.717, 1.165) is 34.2 Å². The highest BCUT2D eigenvalue weighted by Crippen LogP contribution is 2.17. The molecule has 0 atom stereocenters. The Kier molecular flexibility index (Phi) is 6.57. The number of nitrogens with zero attached hydrogens (tertiary/aromatic N) is 3. The summed E-state index contributed by atoms with van der Waals surface area (Å²) in [5, 5.41) is 0. The van der Waals surface area contributed by atoms with Gasteiger partial charge in [0, 0.05) is 13.0 Å². The molecule has 2 heterocycles. The van der Waals surface area contributed by atoms with Crippen LogP contribution in [0.4, 0.5) is 17.3 Å². The van der Waals surface area contributed by atoms with E-state index in [0.29, 0.717) is 0 Å². The Hall–Kier alpha value is -3.76. The lowest BCUT2D eigenvalue weighted by Gasteiger charge is -2.03. The van der Waals surface area contributed by atoms with Gasteiger partial charge in [-0.1, -0.05) is 6.07 Å². The molecule has 0 N–H and O–H groups in total. The van der Waals surface area contributed by atoms with Crippen LogP contribution in [0.2, 0.25) is 0 Å². The van der Waals surface area contributed by atoms with Crippen LogP contribution in [-0.2, 0) is 0 Å². The Morgan fingerprint density at radius 1 is 0.781 bits per heavy atom. The van der Waals surface area contributed by atoms with E-state index in [9.17, 15) is 22.1 Å². The molecule has 0 saturated heterocycles. The van der Waals surface area contributed by atoms with Gasteiger partial charge in [-0.25, -0.2) is 4.79 Å². The van der Waals surface area contributed by atoms with Crippen molar-refractivity contribution < 1.29 is 31.3 Å². The van der Waals surface area contributed by atoms with E-state index in [1.807, 2.05) is 78.2 Å². The topological polar surface area (TPSA) is 49.5 Å². The molecule has 0 amide bonds. The molecule has 168 valence electrons. The molecule has 0 spiro atoms. The minimum atomic E-state index is -6.00. The molecule has 32 heavy (non-hydrogen) atoms. The molecule has 0 unspecified atom stereocenters. The monoisotopic (exact) mass is 449 g/mol. The fourth-order valence-electron chi connectivity index (χ4n) is 3.23. The summed E-state index contributed by atoms with van der Waals surface area (Å²) in [7, 11) is -2.76. The summed E-state index contributed by atoms with van der Waals surface area (Å²) in [4.78, 5) is 13.4. The molecule has 0 aliphatic carbocycles. The van der Waals surface area contributed by atoms with Crippen LogP contribution in [0.25, 0.3) is 17.0 Å². The molecular formula is C21H20BF4N3O3. The molecule has 4 rings (SSSR count). The molecule has 2 aromatic heterocycles. The summed E-state index contributed by atoms with van der Waals surface area (Å²) < 4.78 is 54.7. The second-order valence-corrected chi connectivity index (χ2v) is 6.66. The van der Waals surface area contributed by atoms with Crippen LogP contribution in [0.1, 0.15) is 5.69 Å². The van der Waals surface area contributed by atoms with Gasteiger partial charge in [-0.15, -0.1) is 13.8 Å². The van der Waals surface area contributed by atoms with E-state index in [4.69, 9.17) is 9.47 Å². The van der Waals surface area contributed by atoms with Crippen LogP contribution in [0.15, 0.2) is 71.5 Å². The van der Waals surface area contributed by atoms with Gasteiger partial charge >= 0.3 is 18.6 Å². The zero-order chi connectivity index (χ0) is 23.5.